The summed E-state index contributed by atoms with van der Waals surface area (Å²) in [4.78, 5) is 4.64. The number of rotatable bonds is 10. The monoisotopic (exact) mass is 547 g/mol. The Kier molecular flexibility index (Phi) is 8.09. The van der Waals surface area contributed by atoms with Crippen LogP contribution in [0.15, 0.2) is 145 Å². The number of aliphatic imine (C=N–C) groups is 1. The van der Waals surface area contributed by atoms with E-state index in [0.29, 0.717) is 5.82 Å². The van der Waals surface area contributed by atoms with Gasteiger partial charge in [0.2, 0.25) is 0 Å². The zero-order valence-electron chi connectivity index (χ0n) is 23.7. The highest BCUT2D eigenvalue weighted by atomic mass is 15.6. The lowest BCUT2D eigenvalue weighted by Gasteiger charge is -2.36. The lowest BCUT2D eigenvalue weighted by molar-refractivity contribution is 0.451. The third kappa shape index (κ3) is 5.17. The minimum absolute atomic E-state index is 0.684. The molecule has 0 amide bonds. The van der Waals surface area contributed by atoms with E-state index in [-0.39, 0.29) is 0 Å². The molecule has 5 aromatic carbocycles. The summed E-state index contributed by atoms with van der Waals surface area (Å²) in [7, 11) is 0. The highest BCUT2D eigenvalue weighted by Crippen LogP contribution is 2.43. The van der Waals surface area contributed by atoms with Crippen LogP contribution in [0.4, 0.5) is 5.69 Å². The fraction of sp³-hybridized carbons (Fsp3) is 0.135. The van der Waals surface area contributed by atoms with Crippen molar-refractivity contribution in [1.82, 2.24) is 20.2 Å². The second-order valence-corrected chi connectivity index (χ2v) is 10.3. The maximum absolute atomic E-state index is 4.73. The van der Waals surface area contributed by atoms with Crippen LogP contribution >= 0.6 is 0 Å². The summed E-state index contributed by atoms with van der Waals surface area (Å²) >= 11 is 0. The smallest absolute Gasteiger partial charge is 0.184 e. The summed E-state index contributed by atoms with van der Waals surface area (Å²) < 4.78 is 1.98. The number of tetrazole rings is 1. The van der Waals surface area contributed by atoms with Crippen LogP contribution in [0.3, 0.4) is 0 Å². The van der Waals surface area contributed by atoms with Crippen LogP contribution in [0, 0.1) is 0 Å². The third-order valence-electron chi connectivity index (χ3n) is 7.64. The van der Waals surface area contributed by atoms with Crippen molar-refractivity contribution in [2.75, 3.05) is 0 Å². The first-order valence-corrected chi connectivity index (χ1v) is 14.5. The maximum Gasteiger partial charge on any atom is 0.184 e. The van der Waals surface area contributed by atoms with Crippen molar-refractivity contribution in [3.05, 3.63) is 156 Å². The van der Waals surface area contributed by atoms with Crippen LogP contribution in [-0.2, 0) is 5.54 Å². The van der Waals surface area contributed by atoms with Crippen molar-refractivity contribution in [1.29, 1.82) is 0 Å². The Bertz CT molecular complexity index is 1640. The van der Waals surface area contributed by atoms with Crippen LogP contribution < -0.4 is 0 Å². The van der Waals surface area contributed by atoms with Gasteiger partial charge in [0.05, 0.1) is 5.69 Å². The zero-order chi connectivity index (χ0) is 28.6. The standard InChI is InChI=1S/C37H33N5/c1-2-3-15-28-38-33-26-24-29(25-27-33)34-22-13-14-23-35(34)36-39-40-41-42(36)37(30-16-7-4-8-17-30,31-18-9-5-10-19-31)32-20-11-6-12-21-32/h4-14,16-28H,2-3,15H2,1H3. The maximum atomic E-state index is 4.73. The first-order chi connectivity index (χ1) is 20.8. The summed E-state index contributed by atoms with van der Waals surface area (Å²) in [6, 6.07) is 48.1. The Morgan fingerprint density at radius 3 is 1.71 bits per heavy atom. The predicted octanol–water partition coefficient (Wildman–Crippen LogP) is 8.74. The van der Waals surface area contributed by atoms with Gasteiger partial charge in [-0.1, -0.05) is 141 Å². The van der Waals surface area contributed by atoms with Crippen LogP contribution in [0.25, 0.3) is 22.5 Å². The largest absolute Gasteiger partial charge is 0.261 e. The molecule has 0 fully saturated rings. The molecule has 0 radical (unpaired) electrons. The van der Waals surface area contributed by atoms with E-state index in [4.69, 9.17) is 5.21 Å². The quantitative estimate of drug-likeness (QED) is 0.0979. The Balaban J connectivity index is 1.54. The van der Waals surface area contributed by atoms with Gasteiger partial charge < -0.3 is 0 Å². The van der Waals surface area contributed by atoms with Gasteiger partial charge >= 0.3 is 0 Å². The van der Waals surface area contributed by atoms with E-state index in [1.54, 1.807) is 0 Å². The van der Waals surface area contributed by atoms with Crippen LogP contribution in [-0.4, -0.2) is 26.4 Å². The molecule has 6 rings (SSSR count). The minimum atomic E-state index is -0.813. The molecule has 0 bridgehead atoms. The number of hydrogen-bond acceptors (Lipinski definition) is 4. The van der Waals surface area contributed by atoms with Gasteiger partial charge in [-0.05, 0) is 63.2 Å². The zero-order valence-corrected chi connectivity index (χ0v) is 23.7. The van der Waals surface area contributed by atoms with Crippen LogP contribution in [0.1, 0.15) is 42.9 Å². The highest BCUT2D eigenvalue weighted by molar-refractivity contribution is 5.81. The van der Waals surface area contributed by atoms with E-state index < -0.39 is 5.54 Å². The van der Waals surface area contributed by atoms with Crippen molar-refractivity contribution >= 4 is 11.9 Å². The molecule has 0 aliphatic carbocycles. The van der Waals surface area contributed by atoms with Gasteiger partial charge in [0, 0.05) is 11.8 Å². The third-order valence-corrected chi connectivity index (χ3v) is 7.64. The van der Waals surface area contributed by atoms with Gasteiger partial charge in [-0.15, -0.1) is 5.10 Å². The number of unbranched alkanes of at least 4 members (excludes halogenated alkanes) is 2. The Labute approximate surface area is 247 Å². The Hall–Kier alpha value is -5.16. The Morgan fingerprint density at radius 2 is 1.17 bits per heavy atom. The van der Waals surface area contributed by atoms with Crippen molar-refractivity contribution in [2.45, 2.75) is 31.7 Å². The summed E-state index contributed by atoms with van der Waals surface area (Å²) in [5, 5.41) is 13.7. The molecule has 42 heavy (non-hydrogen) atoms. The average Bonchev–Trinajstić information content (AvgIpc) is 3.55. The summed E-state index contributed by atoms with van der Waals surface area (Å²) in [5.41, 5.74) is 6.43. The molecule has 6 aromatic rings. The number of benzene rings is 5. The van der Waals surface area contributed by atoms with E-state index >= 15 is 0 Å². The minimum Gasteiger partial charge on any atom is -0.261 e. The van der Waals surface area contributed by atoms with Crippen molar-refractivity contribution in [3.8, 4) is 22.5 Å². The number of nitrogens with zero attached hydrogens (tertiary/aromatic N) is 5. The van der Waals surface area contributed by atoms with Gasteiger partial charge in [-0.3, -0.25) is 4.99 Å². The Morgan fingerprint density at radius 1 is 0.643 bits per heavy atom. The van der Waals surface area contributed by atoms with Crippen LogP contribution in [0.2, 0.25) is 0 Å². The lowest BCUT2D eigenvalue weighted by atomic mass is 9.77. The molecule has 1 heterocycles. The van der Waals surface area contributed by atoms with Crippen molar-refractivity contribution in [3.63, 3.8) is 0 Å². The van der Waals surface area contributed by atoms with Gasteiger partial charge in [0.15, 0.2) is 5.82 Å². The number of aromatic nitrogens is 4. The van der Waals surface area contributed by atoms with E-state index in [9.17, 15) is 0 Å². The fourth-order valence-corrected chi connectivity index (χ4v) is 5.61. The first kappa shape index (κ1) is 27.0. The number of hydrogen-bond donors (Lipinski definition) is 0. The molecular formula is C37H33N5. The summed E-state index contributed by atoms with van der Waals surface area (Å²) in [5.74, 6) is 0.684. The lowest BCUT2D eigenvalue weighted by Crippen LogP contribution is -2.39. The fourth-order valence-electron chi connectivity index (χ4n) is 5.61. The van der Waals surface area contributed by atoms with Gasteiger partial charge in [0.25, 0.3) is 0 Å². The summed E-state index contributed by atoms with van der Waals surface area (Å²) in [6.07, 6.45) is 5.33. The molecule has 0 saturated carbocycles. The second-order valence-electron chi connectivity index (χ2n) is 10.3. The molecule has 0 N–H and O–H groups in total. The SMILES string of the molecule is CCCCC=Nc1ccc(-c2ccccc2-c2nnnn2C(c2ccccc2)(c2ccccc2)c2ccccc2)cc1. The topological polar surface area (TPSA) is 56.0 Å². The normalized spacial score (nSPS) is 11.6. The molecule has 0 atom stereocenters. The first-order valence-electron chi connectivity index (χ1n) is 14.5. The summed E-state index contributed by atoms with van der Waals surface area (Å²) in [6.45, 7) is 2.19. The molecule has 5 heteroatoms. The molecule has 5 nitrogen and oxygen atoms in total. The van der Waals surface area contributed by atoms with E-state index in [0.717, 1.165) is 51.9 Å². The van der Waals surface area contributed by atoms with Gasteiger partial charge in [-0.2, -0.15) is 0 Å². The highest BCUT2D eigenvalue weighted by Gasteiger charge is 2.42. The van der Waals surface area contributed by atoms with E-state index in [1.165, 1.54) is 6.42 Å². The van der Waals surface area contributed by atoms with Crippen molar-refractivity contribution < 1.29 is 0 Å². The van der Waals surface area contributed by atoms with E-state index in [1.807, 2.05) is 35.2 Å². The van der Waals surface area contributed by atoms with Gasteiger partial charge in [-0.25, -0.2) is 4.68 Å². The van der Waals surface area contributed by atoms with Gasteiger partial charge in [0.1, 0.15) is 5.54 Å². The average molecular weight is 548 g/mol. The predicted molar refractivity (Wildman–Crippen MR) is 171 cm³/mol. The second kappa shape index (κ2) is 12.6. The molecule has 0 saturated heterocycles. The molecule has 0 aliphatic heterocycles. The molecule has 0 unspecified atom stereocenters. The molecule has 0 aliphatic rings. The molecule has 1 aromatic heterocycles. The molecule has 206 valence electrons. The van der Waals surface area contributed by atoms with Crippen molar-refractivity contribution in [2.24, 2.45) is 4.99 Å². The van der Waals surface area contributed by atoms with E-state index in [2.05, 4.69) is 137 Å². The molecular weight excluding hydrogens is 514 g/mol. The molecule has 0 spiro atoms. The van der Waals surface area contributed by atoms with Crippen LogP contribution in [0.5, 0.6) is 0 Å².